The number of carbonyl (C=O) groups is 1. The maximum Gasteiger partial charge on any atom is 0.223 e. The lowest BCUT2D eigenvalue weighted by atomic mass is 10.2. The Labute approximate surface area is 115 Å². The number of benzene rings is 1. The number of rotatable bonds is 8. The lowest BCUT2D eigenvalue weighted by molar-refractivity contribution is -0.128. The number of nitrogens with zero attached hydrogens (tertiary/aromatic N) is 1. The molecule has 0 heterocycles. The molecule has 1 aromatic carbocycles. The third-order valence-corrected chi connectivity index (χ3v) is 2.74. The van der Waals surface area contributed by atoms with Gasteiger partial charge in [-0.3, -0.25) is 4.79 Å². The van der Waals surface area contributed by atoms with Crippen molar-refractivity contribution in [3.63, 3.8) is 0 Å². The van der Waals surface area contributed by atoms with Gasteiger partial charge in [-0.25, -0.2) is 0 Å². The number of ether oxygens (including phenoxy) is 1. The van der Waals surface area contributed by atoms with Gasteiger partial charge in [0.15, 0.2) is 0 Å². The van der Waals surface area contributed by atoms with Crippen LogP contribution in [0.4, 0.5) is 0 Å². The Balaban J connectivity index is 2.24. The molecule has 0 unspecified atom stereocenters. The summed E-state index contributed by atoms with van der Waals surface area (Å²) in [4.78, 5) is 13.0. The molecule has 0 aromatic heterocycles. The van der Waals surface area contributed by atoms with Gasteiger partial charge in [0.25, 0.3) is 0 Å². The van der Waals surface area contributed by atoms with Crippen LogP contribution in [0.25, 0.3) is 0 Å². The minimum atomic E-state index is 0.149. The van der Waals surface area contributed by atoms with Crippen LogP contribution in [0.2, 0.25) is 0 Å². The van der Waals surface area contributed by atoms with E-state index in [-0.39, 0.29) is 5.91 Å². The fraction of sp³-hybridized carbons (Fsp3) is 0.533. The summed E-state index contributed by atoms with van der Waals surface area (Å²) in [5.41, 5.74) is 1.20. The van der Waals surface area contributed by atoms with E-state index in [0.29, 0.717) is 13.0 Å². The van der Waals surface area contributed by atoms with Crippen molar-refractivity contribution in [3.8, 4) is 5.75 Å². The highest BCUT2D eigenvalue weighted by Gasteiger charge is 2.02. The highest BCUT2D eigenvalue weighted by Crippen LogP contribution is 2.12. The number of hydrogen-bond donors (Lipinski definition) is 1. The molecule has 0 atom stereocenters. The fourth-order valence-corrected chi connectivity index (χ4v) is 1.58. The Kier molecular flexibility index (Phi) is 6.97. The van der Waals surface area contributed by atoms with Crippen molar-refractivity contribution in [1.82, 2.24) is 10.2 Å². The monoisotopic (exact) mass is 264 g/mol. The normalized spacial score (nSPS) is 10.3. The molecule has 19 heavy (non-hydrogen) atoms. The largest absolute Gasteiger partial charge is 0.494 e. The minimum absolute atomic E-state index is 0.149. The van der Waals surface area contributed by atoms with E-state index in [1.807, 2.05) is 24.3 Å². The summed E-state index contributed by atoms with van der Waals surface area (Å²) in [6.07, 6.45) is 1.55. The molecule has 0 aliphatic rings. The van der Waals surface area contributed by atoms with E-state index >= 15 is 0 Å². The van der Waals surface area contributed by atoms with E-state index < -0.39 is 0 Å². The van der Waals surface area contributed by atoms with E-state index in [1.54, 1.807) is 19.0 Å². The van der Waals surface area contributed by atoms with Crippen molar-refractivity contribution in [2.45, 2.75) is 26.3 Å². The first kappa shape index (κ1) is 15.5. The topological polar surface area (TPSA) is 41.6 Å². The highest BCUT2D eigenvalue weighted by atomic mass is 16.5. The minimum Gasteiger partial charge on any atom is -0.494 e. The van der Waals surface area contributed by atoms with Crippen LogP contribution in [-0.4, -0.2) is 38.1 Å². The quantitative estimate of drug-likeness (QED) is 0.731. The van der Waals surface area contributed by atoms with Gasteiger partial charge in [-0.15, -0.1) is 0 Å². The van der Waals surface area contributed by atoms with Crippen LogP contribution in [0.1, 0.15) is 25.3 Å². The molecule has 0 radical (unpaired) electrons. The van der Waals surface area contributed by atoms with Gasteiger partial charge >= 0.3 is 0 Å². The van der Waals surface area contributed by atoms with Crippen molar-refractivity contribution < 1.29 is 9.53 Å². The van der Waals surface area contributed by atoms with Crippen LogP contribution in [0, 0.1) is 0 Å². The van der Waals surface area contributed by atoms with Crippen molar-refractivity contribution in [2.24, 2.45) is 0 Å². The van der Waals surface area contributed by atoms with Crippen LogP contribution in [0.5, 0.6) is 5.75 Å². The molecule has 0 fully saturated rings. The summed E-state index contributed by atoms with van der Waals surface area (Å²) in [5.74, 6) is 1.06. The molecule has 1 rings (SSSR count). The van der Waals surface area contributed by atoms with Crippen molar-refractivity contribution >= 4 is 5.91 Å². The van der Waals surface area contributed by atoms with Gasteiger partial charge in [-0.1, -0.05) is 19.1 Å². The standard InChI is InChI=1S/C15H24N2O2/c1-4-11-19-14-7-5-13(6-8-14)12-16-10-9-15(18)17(2)3/h5-8,16H,4,9-12H2,1-3H3. The Hall–Kier alpha value is -1.55. The molecule has 0 spiro atoms. The molecule has 0 aliphatic carbocycles. The average molecular weight is 264 g/mol. The zero-order chi connectivity index (χ0) is 14.1. The van der Waals surface area contributed by atoms with Gasteiger partial charge in [-0.05, 0) is 24.1 Å². The molecule has 0 saturated heterocycles. The second-order valence-corrected chi connectivity index (χ2v) is 4.71. The zero-order valence-corrected chi connectivity index (χ0v) is 12.1. The average Bonchev–Trinajstić information content (AvgIpc) is 2.42. The molecule has 0 saturated carbocycles. The van der Waals surface area contributed by atoms with E-state index in [0.717, 1.165) is 25.3 Å². The van der Waals surface area contributed by atoms with Gasteiger partial charge in [0.05, 0.1) is 6.61 Å². The van der Waals surface area contributed by atoms with E-state index in [9.17, 15) is 4.79 Å². The third-order valence-electron chi connectivity index (χ3n) is 2.74. The first-order chi connectivity index (χ1) is 9.13. The second kappa shape index (κ2) is 8.53. The Bertz CT molecular complexity index is 374. The predicted octanol–water partition coefficient (Wildman–Crippen LogP) is 2.04. The molecule has 1 N–H and O–H groups in total. The van der Waals surface area contributed by atoms with Crippen LogP contribution < -0.4 is 10.1 Å². The summed E-state index contributed by atoms with van der Waals surface area (Å²) < 4.78 is 5.52. The lowest BCUT2D eigenvalue weighted by Crippen LogP contribution is -2.26. The second-order valence-electron chi connectivity index (χ2n) is 4.71. The summed E-state index contributed by atoms with van der Waals surface area (Å²) in [5, 5.41) is 3.26. The van der Waals surface area contributed by atoms with Gasteiger partial charge in [-0.2, -0.15) is 0 Å². The first-order valence-electron chi connectivity index (χ1n) is 6.76. The Morgan fingerprint density at radius 1 is 1.26 bits per heavy atom. The molecule has 0 aliphatic heterocycles. The number of nitrogens with one attached hydrogen (secondary N) is 1. The summed E-state index contributed by atoms with van der Waals surface area (Å²) in [7, 11) is 3.55. The van der Waals surface area contributed by atoms with Crippen molar-refractivity contribution in [1.29, 1.82) is 0 Å². The number of amides is 1. The molecular weight excluding hydrogens is 240 g/mol. The molecule has 106 valence electrons. The van der Waals surface area contributed by atoms with Crippen LogP contribution in [0.15, 0.2) is 24.3 Å². The molecule has 1 aromatic rings. The smallest absolute Gasteiger partial charge is 0.223 e. The Morgan fingerprint density at radius 3 is 2.53 bits per heavy atom. The van der Waals surface area contributed by atoms with Crippen LogP contribution >= 0.6 is 0 Å². The predicted molar refractivity (Wildman–Crippen MR) is 77.2 cm³/mol. The van der Waals surface area contributed by atoms with E-state index in [4.69, 9.17) is 4.74 Å². The molecular formula is C15H24N2O2. The SMILES string of the molecule is CCCOc1ccc(CNCCC(=O)N(C)C)cc1. The van der Waals surface area contributed by atoms with Crippen molar-refractivity contribution in [3.05, 3.63) is 29.8 Å². The van der Waals surface area contributed by atoms with E-state index in [2.05, 4.69) is 12.2 Å². The van der Waals surface area contributed by atoms with Gasteiger partial charge in [0.2, 0.25) is 5.91 Å². The Morgan fingerprint density at radius 2 is 1.95 bits per heavy atom. The molecule has 0 bridgehead atoms. The summed E-state index contributed by atoms with van der Waals surface area (Å²) in [6.45, 7) is 4.32. The highest BCUT2D eigenvalue weighted by molar-refractivity contribution is 5.75. The van der Waals surface area contributed by atoms with Crippen LogP contribution in [-0.2, 0) is 11.3 Å². The molecule has 4 nitrogen and oxygen atoms in total. The summed E-state index contributed by atoms with van der Waals surface area (Å²) >= 11 is 0. The van der Waals surface area contributed by atoms with Gasteiger partial charge < -0.3 is 15.0 Å². The third kappa shape index (κ3) is 6.25. The molecule has 1 amide bonds. The van der Waals surface area contributed by atoms with Crippen LogP contribution in [0.3, 0.4) is 0 Å². The number of hydrogen-bond acceptors (Lipinski definition) is 3. The first-order valence-corrected chi connectivity index (χ1v) is 6.76. The summed E-state index contributed by atoms with van der Waals surface area (Å²) in [6, 6.07) is 8.06. The lowest BCUT2D eigenvalue weighted by Gasteiger charge is -2.10. The zero-order valence-electron chi connectivity index (χ0n) is 12.1. The van der Waals surface area contributed by atoms with Crippen molar-refractivity contribution in [2.75, 3.05) is 27.2 Å². The maximum absolute atomic E-state index is 11.4. The van der Waals surface area contributed by atoms with Gasteiger partial charge in [0.1, 0.15) is 5.75 Å². The maximum atomic E-state index is 11.4. The fourth-order valence-electron chi connectivity index (χ4n) is 1.58. The number of carbonyl (C=O) groups excluding carboxylic acids is 1. The molecule has 4 heteroatoms. The van der Waals surface area contributed by atoms with Gasteiger partial charge in [0, 0.05) is 33.6 Å². The van der Waals surface area contributed by atoms with E-state index in [1.165, 1.54) is 5.56 Å².